The predicted octanol–water partition coefficient (Wildman–Crippen LogP) is 2.53. The van der Waals surface area contributed by atoms with Crippen molar-refractivity contribution >= 4 is 17.7 Å². The highest BCUT2D eigenvalue weighted by atomic mass is 19.1. The molecule has 0 fully saturated rings. The molecule has 154 valence electrons. The number of methoxy groups -OCH3 is 2. The fourth-order valence-electron chi connectivity index (χ4n) is 2.37. The van der Waals surface area contributed by atoms with E-state index in [9.17, 15) is 23.2 Å². The Bertz CT molecular complexity index is 916. The number of nitrogens with one attached hydrogen (secondary N) is 1. The van der Waals surface area contributed by atoms with Crippen LogP contribution in [0.25, 0.3) is 0 Å². The molecule has 2 aromatic carbocycles. The van der Waals surface area contributed by atoms with Crippen molar-refractivity contribution in [1.29, 1.82) is 0 Å². The van der Waals surface area contributed by atoms with Crippen molar-refractivity contribution in [3.63, 3.8) is 0 Å². The Morgan fingerprint density at radius 1 is 0.966 bits per heavy atom. The van der Waals surface area contributed by atoms with Crippen molar-refractivity contribution in [2.45, 2.75) is 6.42 Å². The van der Waals surface area contributed by atoms with E-state index in [-0.39, 0.29) is 24.1 Å². The number of hydrogen-bond donors (Lipinski definition) is 1. The second-order valence-corrected chi connectivity index (χ2v) is 5.78. The van der Waals surface area contributed by atoms with E-state index in [1.165, 1.54) is 20.3 Å². The lowest BCUT2D eigenvalue weighted by Crippen LogP contribution is -2.27. The first-order chi connectivity index (χ1) is 13.8. The largest absolute Gasteiger partial charge is 0.497 e. The van der Waals surface area contributed by atoms with Crippen LogP contribution in [-0.2, 0) is 9.53 Å². The van der Waals surface area contributed by atoms with Crippen LogP contribution in [0.5, 0.6) is 11.5 Å². The van der Waals surface area contributed by atoms with E-state index >= 15 is 0 Å². The van der Waals surface area contributed by atoms with Crippen LogP contribution in [0.3, 0.4) is 0 Å². The molecule has 2 rings (SSSR count). The maximum atomic E-state index is 13.5. The van der Waals surface area contributed by atoms with Gasteiger partial charge in [0.1, 0.15) is 23.1 Å². The summed E-state index contributed by atoms with van der Waals surface area (Å²) in [6, 6.07) is 7.17. The number of amides is 1. The second-order valence-electron chi connectivity index (χ2n) is 5.78. The lowest BCUT2D eigenvalue weighted by molar-refractivity contribution is -0.142. The second kappa shape index (κ2) is 10.2. The third kappa shape index (κ3) is 6.00. The third-order valence-electron chi connectivity index (χ3n) is 3.86. The maximum absolute atomic E-state index is 13.5. The van der Waals surface area contributed by atoms with Gasteiger partial charge in [-0.05, 0) is 30.3 Å². The molecular formula is C20H19F2NO6. The number of halogens is 2. The fraction of sp³-hybridized carbons (Fsp3) is 0.250. The highest BCUT2D eigenvalue weighted by Gasteiger charge is 2.17. The molecule has 7 nitrogen and oxygen atoms in total. The molecule has 0 aromatic heterocycles. The molecule has 0 heterocycles. The van der Waals surface area contributed by atoms with Gasteiger partial charge in [0.05, 0.1) is 31.8 Å². The number of rotatable bonds is 9. The van der Waals surface area contributed by atoms with E-state index in [1.807, 2.05) is 0 Å². The van der Waals surface area contributed by atoms with E-state index in [4.69, 9.17) is 14.2 Å². The number of ether oxygens (including phenoxy) is 3. The molecule has 0 aliphatic heterocycles. The summed E-state index contributed by atoms with van der Waals surface area (Å²) < 4.78 is 41.4. The lowest BCUT2D eigenvalue weighted by atomic mass is 10.1. The van der Waals surface area contributed by atoms with Gasteiger partial charge in [-0.15, -0.1) is 0 Å². The minimum absolute atomic E-state index is 0.148. The first-order valence-corrected chi connectivity index (χ1v) is 8.49. The zero-order valence-electron chi connectivity index (χ0n) is 15.8. The van der Waals surface area contributed by atoms with Gasteiger partial charge < -0.3 is 19.5 Å². The third-order valence-corrected chi connectivity index (χ3v) is 3.86. The summed E-state index contributed by atoms with van der Waals surface area (Å²) in [5.41, 5.74) is -0.153. The molecule has 0 aliphatic rings. The Kier molecular flexibility index (Phi) is 7.64. The number of carbonyl (C=O) groups is 3. The van der Waals surface area contributed by atoms with Gasteiger partial charge in [-0.3, -0.25) is 14.4 Å². The van der Waals surface area contributed by atoms with Gasteiger partial charge in [-0.1, -0.05) is 0 Å². The van der Waals surface area contributed by atoms with Crippen LogP contribution >= 0.6 is 0 Å². The standard InChI is InChI=1S/C20H19F2NO6/c1-27-13-4-6-18(28-2)15(10-13)17(24)11-29-19(25)7-8-23-20(26)14-5-3-12(21)9-16(14)22/h3-6,9-10H,7-8,11H2,1-2H3,(H,23,26). The normalized spacial score (nSPS) is 10.2. The summed E-state index contributed by atoms with van der Waals surface area (Å²) >= 11 is 0. The molecule has 29 heavy (non-hydrogen) atoms. The number of hydrogen-bond acceptors (Lipinski definition) is 6. The summed E-state index contributed by atoms with van der Waals surface area (Å²) in [7, 11) is 2.85. The summed E-state index contributed by atoms with van der Waals surface area (Å²) in [6.07, 6.45) is -0.239. The van der Waals surface area contributed by atoms with Gasteiger partial charge in [-0.2, -0.15) is 0 Å². The van der Waals surface area contributed by atoms with Gasteiger partial charge >= 0.3 is 5.97 Å². The van der Waals surface area contributed by atoms with E-state index < -0.39 is 35.9 Å². The molecular weight excluding hydrogens is 388 g/mol. The van der Waals surface area contributed by atoms with Crippen molar-refractivity contribution in [2.75, 3.05) is 27.4 Å². The van der Waals surface area contributed by atoms with Crippen LogP contribution in [0, 0.1) is 11.6 Å². The van der Waals surface area contributed by atoms with E-state index in [2.05, 4.69) is 5.32 Å². The number of benzene rings is 2. The molecule has 0 spiro atoms. The first-order valence-electron chi connectivity index (χ1n) is 8.49. The number of Topliss-reactive ketones (excluding diaryl/α,β-unsaturated/α-hetero) is 1. The van der Waals surface area contributed by atoms with Crippen molar-refractivity contribution in [3.05, 3.63) is 59.2 Å². The van der Waals surface area contributed by atoms with Crippen LogP contribution in [0.15, 0.2) is 36.4 Å². The maximum Gasteiger partial charge on any atom is 0.308 e. The van der Waals surface area contributed by atoms with Crippen LogP contribution in [-0.4, -0.2) is 45.0 Å². The average molecular weight is 407 g/mol. The quantitative estimate of drug-likeness (QED) is 0.508. The monoisotopic (exact) mass is 407 g/mol. The highest BCUT2D eigenvalue weighted by Crippen LogP contribution is 2.24. The summed E-state index contributed by atoms with van der Waals surface area (Å²) in [5, 5.41) is 2.32. The molecule has 0 atom stereocenters. The molecule has 2 aromatic rings. The molecule has 0 unspecified atom stereocenters. The van der Waals surface area contributed by atoms with Crippen LogP contribution in [0.4, 0.5) is 8.78 Å². The van der Waals surface area contributed by atoms with Crippen LogP contribution in [0.1, 0.15) is 27.1 Å². The number of esters is 1. The lowest BCUT2D eigenvalue weighted by Gasteiger charge is -2.10. The molecule has 0 saturated heterocycles. The van der Waals surface area contributed by atoms with Gasteiger partial charge in [-0.25, -0.2) is 8.78 Å². The zero-order valence-corrected chi connectivity index (χ0v) is 15.8. The van der Waals surface area contributed by atoms with Gasteiger partial charge in [0.15, 0.2) is 6.61 Å². The summed E-state index contributed by atoms with van der Waals surface area (Å²) in [4.78, 5) is 35.9. The van der Waals surface area contributed by atoms with Crippen molar-refractivity contribution in [2.24, 2.45) is 0 Å². The first kappa shape index (κ1) is 21.8. The van der Waals surface area contributed by atoms with Crippen molar-refractivity contribution < 1.29 is 37.4 Å². The van der Waals surface area contributed by atoms with E-state index in [0.717, 1.165) is 12.1 Å². The summed E-state index contributed by atoms with van der Waals surface area (Å²) in [5.74, 6) is -3.10. The predicted molar refractivity (Wildman–Crippen MR) is 98.1 cm³/mol. The van der Waals surface area contributed by atoms with Gasteiger partial charge in [0.25, 0.3) is 5.91 Å². The van der Waals surface area contributed by atoms with Gasteiger partial charge in [0, 0.05) is 12.6 Å². The number of ketones is 1. The Hall–Kier alpha value is -3.49. The minimum atomic E-state index is -1.01. The van der Waals surface area contributed by atoms with Crippen LogP contribution in [0.2, 0.25) is 0 Å². The van der Waals surface area contributed by atoms with E-state index in [0.29, 0.717) is 17.6 Å². The zero-order chi connectivity index (χ0) is 21.4. The fourth-order valence-corrected chi connectivity index (χ4v) is 2.37. The molecule has 9 heteroatoms. The van der Waals surface area contributed by atoms with Gasteiger partial charge in [0.2, 0.25) is 5.78 Å². The molecule has 0 bridgehead atoms. The number of carbonyl (C=O) groups excluding carboxylic acids is 3. The van der Waals surface area contributed by atoms with Crippen LogP contribution < -0.4 is 14.8 Å². The van der Waals surface area contributed by atoms with E-state index in [1.54, 1.807) is 12.1 Å². The minimum Gasteiger partial charge on any atom is -0.497 e. The SMILES string of the molecule is COc1ccc(OC)c(C(=O)COC(=O)CCNC(=O)c2ccc(F)cc2F)c1. The summed E-state index contributed by atoms with van der Waals surface area (Å²) in [6.45, 7) is -0.673. The Morgan fingerprint density at radius 2 is 1.72 bits per heavy atom. The molecule has 0 saturated carbocycles. The molecule has 1 N–H and O–H groups in total. The molecule has 0 aliphatic carbocycles. The smallest absolute Gasteiger partial charge is 0.308 e. The average Bonchev–Trinajstić information content (AvgIpc) is 2.71. The Morgan fingerprint density at radius 3 is 2.38 bits per heavy atom. The molecule has 1 amide bonds. The Balaban J connectivity index is 1.82. The molecule has 0 radical (unpaired) electrons. The van der Waals surface area contributed by atoms with Crippen molar-refractivity contribution in [1.82, 2.24) is 5.32 Å². The van der Waals surface area contributed by atoms with Crippen molar-refractivity contribution in [3.8, 4) is 11.5 Å². The topological polar surface area (TPSA) is 90.9 Å². The highest BCUT2D eigenvalue weighted by molar-refractivity contribution is 6.00. The Labute approximate surface area is 165 Å².